The number of hydrogen-bond acceptors (Lipinski definition) is 4. The number of methoxy groups -OCH3 is 1. The molecule has 1 heterocycles. The van der Waals surface area contributed by atoms with Crippen molar-refractivity contribution in [3.63, 3.8) is 0 Å². The highest BCUT2D eigenvalue weighted by molar-refractivity contribution is 14.0. The number of nitrogens with zero attached hydrogens (tertiary/aromatic N) is 2. The maximum absolute atomic E-state index is 5.69. The van der Waals surface area contributed by atoms with E-state index in [9.17, 15) is 0 Å². The number of likely N-dealkylation sites (tertiary alicyclic amines) is 1. The predicted molar refractivity (Wildman–Crippen MR) is 137 cm³/mol. The first kappa shape index (κ1) is 25.4. The van der Waals surface area contributed by atoms with E-state index in [1.165, 1.54) is 18.4 Å². The molecule has 0 aromatic heterocycles. The number of benzene rings is 2. The molecule has 0 amide bonds. The summed E-state index contributed by atoms with van der Waals surface area (Å²) in [6.07, 6.45) is 2.47. The lowest BCUT2D eigenvalue weighted by molar-refractivity contribution is 0.146. The molecule has 31 heavy (non-hydrogen) atoms. The summed E-state index contributed by atoms with van der Waals surface area (Å²) in [7, 11) is 3.49. The summed E-state index contributed by atoms with van der Waals surface area (Å²) in [6.45, 7) is 4.89. The molecule has 6 nitrogen and oxygen atoms in total. The molecule has 3 rings (SSSR count). The van der Waals surface area contributed by atoms with E-state index >= 15 is 0 Å². The highest BCUT2D eigenvalue weighted by atomic mass is 127. The van der Waals surface area contributed by atoms with Crippen LogP contribution in [0.3, 0.4) is 0 Å². The number of guanidine groups is 1. The zero-order valence-corrected chi connectivity index (χ0v) is 20.9. The summed E-state index contributed by atoms with van der Waals surface area (Å²) in [6, 6.07) is 19.3. The summed E-state index contributed by atoms with van der Waals surface area (Å²) in [4.78, 5) is 6.95. The highest BCUT2D eigenvalue weighted by Gasteiger charge is 2.24. The molecule has 1 fully saturated rings. The Balaban J connectivity index is 0.00000341. The molecule has 0 saturated carbocycles. The molecule has 0 spiro atoms. The second kappa shape index (κ2) is 14.3. The average Bonchev–Trinajstić information content (AvgIpc) is 3.22. The Kier molecular flexibility index (Phi) is 11.7. The van der Waals surface area contributed by atoms with Gasteiger partial charge >= 0.3 is 0 Å². The van der Waals surface area contributed by atoms with Gasteiger partial charge in [0.15, 0.2) is 5.96 Å². The number of rotatable bonds is 10. The molecule has 0 radical (unpaired) electrons. The fourth-order valence-corrected chi connectivity index (χ4v) is 3.76. The number of hydrogen-bond donors (Lipinski definition) is 2. The van der Waals surface area contributed by atoms with Gasteiger partial charge in [0.2, 0.25) is 0 Å². The third-order valence-corrected chi connectivity index (χ3v) is 5.37. The maximum Gasteiger partial charge on any atom is 0.191 e. The SMILES string of the molecule is CN=C(NCc1cccc(OCCOC)c1)NCC1CCCN1Cc1ccccc1.I. The first-order valence-electron chi connectivity index (χ1n) is 10.7. The van der Waals surface area contributed by atoms with Crippen LogP contribution in [0.1, 0.15) is 24.0 Å². The van der Waals surface area contributed by atoms with Crippen molar-refractivity contribution >= 4 is 29.9 Å². The van der Waals surface area contributed by atoms with Gasteiger partial charge in [-0.05, 0) is 42.6 Å². The van der Waals surface area contributed by atoms with Crippen molar-refractivity contribution in [1.29, 1.82) is 0 Å². The molecule has 170 valence electrons. The van der Waals surface area contributed by atoms with Gasteiger partial charge in [-0.2, -0.15) is 0 Å². The van der Waals surface area contributed by atoms with E-state index in [4.69, 9.17) is 9.47 Å². The van der Waals surface area contributed by atoms with Crippen LogP contribution in [-0.2, 0) is 17.8 Å². The molecule has 7 heteroatoms. The topological polar surface area (TPSA) is 58.1 Å². The minimum Gasteiger partial charge on any atom is -0.491 e. The number of halogens is 1. The van der Waals surface area contributed by atoms with E-state index in [0.717, 1.165) is 36.9 Å². The van der Waals surface area contributed by atoms with E-state index < -0.39 is 0 Å². The van der Waals surface area contributed by atoms with Gasteiger partial charge in [-0.25, -0.2) is 0 Å². The Morgan fingerprint density at radius 2 is 1.87 bits per heavy atom. The van der Waals surface area contributed by atoms with Crippen molar-refractivity contribution in [3.05, 3.63) is 65.7 Å². The second-order valence-corrected chi connectivity index (χ2v) is 7.55. The first-order chi connectivity index (χ1) is 14.8. The van der Waals surface area contributed by atoms with Crippen LogP contribution >= 0.6 is 24.0 Å². The summed E-state index contributed by atoms with van der Waals surface area (Å²) in [5, 5.41) is 6.91. The minimum atomic E-state index is 0. The normalized spacial score (nSPS) is 16.6. The van der Waals surface area contributed by atoms with Crippen LogP contribution in [0.25, 0.3) is 0 Å². The molecule has 1 saturated heterocycles. The van der Waals surface area contributed by atoms with E-state index in [1.807, 2.05) is 19.2 Å². The fraction of sp³-hybridized carbons (Fsp3) is 0.458. The summed E-state index contributed by atoms with van der Waals surface area (Å²) in [5.41, 5.74) is 2.53. The quantitative estimate of drug-likeness (QED) is 0.209. The van der Waals surface area contributed by atoms with Gasteiger partial charge in [0.05, 0.1) is 6.61 Å². The van der Waals surface area contributed by atoms with Crippen LogP contribution in [0.4, 0.5) is 0 Å². The molecule has 1 aliphatic rings. The standard InChI is InChI=1S/C24H34N4O2.HI/c1-25-24(26-17-21-10-6-12-23(16-21)30-15-14-29-2)27-18-22-11-7-13-28(22)19-20-8-4-3-5-9-20;/h3-6,8-10,12,16,22H,7,11,13-15,17-19H2,1-2H3,(H2,25,26,27);1H. The van der Waals surface area contributed by atoms with Crippen LogP contribution in [0.2, 0.25) is 0 Å². The molecule has 1 unspecified atom stereocenters. The molecule has 1 aliphatic heterocycles. The average molecular weight is 538 g/mol. The smallest absolute Gasteiger partial charge is 0.191 e. The van der Waals surface area contributed by atoms with E-state index in [0.29, 0.717) is 25.8 Å². The van der Waals surface area contributed by atoms with Gasteiger partial charge in [-0.1, -0.05) is 42.5 Å². The highest BCUT2D eigenvalue weighted by Crippen LogP contribution is 2.19. The van der Waals surface area contributed by atoms with Gasteiger partial charge in [0.1, 0.15) is 12.4 Å². The Morgan fingerprint density at radius 3 is 2.65 bits per heavy atom. The van der Waals surface area contributed by atoms with E-state index in [-0.39, 0.29) is 24.0 Å². The molecule has 0 bridgehead atoms. The molecule has 1 atom stereocenters. The van der Waals surface area contributed by atoms with Gasteiger partial charge in [-0.3, -0.25) is 9.89 Å². The summed E-state index contributed by atoms with van der Waals surface area (Å²) < 4.78 is 10.7. The van der Waals surface area contributed by atoms with Gasteiger partial charge in [-0.15, -0.1) is 24.0 Å². The van der Waals surface area contributed by atoms with Crippen LogP contribution in [-0.4, -0.2) is 57.4 Å². The molecule has 0 aliphatic carbocycles. The summed E-state index contributed by atoms with van der Waals surface area (Å²) >= 11 is 0. The monoisotopic (exact) mass is 538 g/mol. The third kappa shape index (κ3) is 8.66. The molecular weight excluding hydrogens is 503 g/mol. The molecule has 2 aromatic carbocycles. The third-order valence-electron chi connectivity index (χ3n) is 5.37. The zero-order valence-electron chi connectivity index (χ0n) is 18.5. The zero-order chi connectivity index (χ0) is 21.0. The number of aliphatic imine (C=N–C) groups is 1. The predicted octanol–water partition coefficient (Wildman–Crippen LogP) is 3.66. The van der Waals surface area contributed by atoms with Crippen molar-refractivity contribution in [2.24, 2.45) is 4.99 Å². The number of nitrogens with one attached hydrogen (secondary N) is 2. The molecular formula is C24H35IN4O2. The van der Waals surface area contributed by atoms with Crippen molar-refractivity contribution in [2.75, 3.05) is 40.5 Å². The van der Waals surface area contributed by atoms with Crippen molar-refractivity contribution in [2.45, 2.75) is 32.0 Å². The Bertz CT molecular complexity index is 788. The van der Waals surface area contributed by atoms with Gasteiger partial charge in [0.25, 0.3) is 0 Å². The lowest BCUT2D eigenvalue weighted by Gasteiger charge is -2.25. The lowest BCUT2D eigenvalue weighted by Crippen LogP contribution is -2.44. The van der Waals surface area contributed by atoms with Crippen molar-refractivity contribution in [1.82, 2.24) is 15.5 Å². The largest absolute Gasteiger partial charge is 0.491 e. The lowest BCUT2D eigenvalue weighted by atomic mass is 10.2. The van der Waals surface area contributed by atoms with Crippen LogP contribution in [0.5, 0.6) is 5.75 Å². The van der Waals surface area contributed by atoms with Crippen LogP contribution in [0, 0.1) is 0 Å². The molecule has 2 aromatic rings. The second-order valence-electron chi connectivity index (χ2n) is 7.55. The van der Waals surface area contributed by atoms with Gasteiger partial charge < -0.3 is 20.1 Å². The van der Waals surface area contributed by atoms with Gasteiger partial charge in [0, 0.05) is 39.8 Å². The van der Waals surface area contributed by atoms with E-state index in [2.05, 4.69) is 63.0 Å². The summed E-state index contributed by atoms with van der Waals surface area (Å²) in [5.74, 6) is 1.68. The van der Waals surface area contributed by atoms with Crippen molar-refractivity contribution in [3.8, 4) is 5.75 Å². The van der Waals surface area contributed by atoms with Crippen LogP contribution in [0.15, 0.2) is 59.6 Å². The molecule has 2 N–H and O–H groups in total. The Labute approximate surface area is 203 Å². The van der Waals surface area contributed by atoms with E-state index in [1.54, 1.807) is 7.11 Å². The van der Waals surface area contributed by atoms with Crippen molar-refractivity contribution < 1.29 is 9.47 Å². The van der Waals surface area contributed by atoms with Crippen LogP contribution < -0.4 is 15.4 Å². The number of ether oxygens (including phenoxy) is 2. The maximum atomic E-state index is 5.69. The Morgan fingerprint density at radius 1 is 1.06 bits per heavy atom. The fourth-order valence-electron chi connectivity index (χ4n) is 3.76. The minimum absolute atomic E-state index is 0. The Hall–Kier alpha value is -1.84. The first-order valence-corrected chi connectivity index (χ1v) is 10.7.